The average Bonchev–Trinajstić information content (AvgIpc) is 3.23. The molecule has 26 heavy (non-hydrogen) atoms. The molecule has 0 radical (unpaired) electrons. The lowest BCUT2D eigenvalue weighted by atomic mass is 10.2. The molecule has 1 fully saturated rings. The molecule has 138 valence electrons. The number of nitrogens with zero attached hydrogens (tertiary/aromatic N) is 3. The normalized spacial score (nSPS) is 18.5. The van der Waals surface area contributed by atoms with Gasteiger partial charge in [0.2, 0.25) is 23.5 Å². The fourth-order valence-electron chi connectivity index (χ4n) is 2.44. The molecule has 3 rings (SSSR count). The lowest BCUT2D eigenvalue weighted by Crippen LogP contribution is -2.42. The highest BCUT2D eigenvalue weighted by Gasteiger charge is 2.33. The summed E-state index contributed by atoms with van der Waals surface area (Å²) in [5.41, 5.74) is -0.983. The second-order valence-corrected chi connectivity index (χ2v) is 5.77. The molecule has 2 aromatic rings. The second kappa shape index (κ2) is 6.73. The third-order valence-electron chi connectivity index (χ3n) is 3.79. The largest absolute Gasteiger partial charge is 0.433 e. The van der Waals surface area contributed by atoms with Crippen LogP contribution < -0.4 is 10.6 Å². The van der Waals surface area contributed by atoms with E-state index in [9.17, 15) is 22.8 Å². The van der Waals surface area contributed by atoms with Gasteiger partial charge in [0.1, 0.15) is 17.8 Å². The number of hydrogen-bond donors (Lipinski definition) is 2. The highest BCUT2D eigenvalue weighted by molar-refractivity contribution is 5.90. The summed E-state index contributed by atoms with van der Waals surface area (Å²) in [6.45, 7) is 1.58. The fraction of sp³-hybridized carbons (Fsp3) is 0.400. The third kappa shape index (κ3) is 3.81. The van der Waals surface area contributed by atoms with Crippen LogP contribution in [0.5, 0.6) is 0 Å². The molecule has 1 saturated heterocycles. The van der Waals surface area contributed by atoms with E-state index in [0.717, 1.165) is 12.3 Å². The van der Waals surface area contributed by atoms with Crippen LogP contribution in [-0.2, 0) is 15.8 Å². The van der Waals surface area contributed by atoms with Crippen molar-refractivity contribution < 1.29 is 27.3 Å². The van der Waals surface area contributed by atoms with Crippen molar-refractivity contribution in [3.63, 3.8) is 0 Å². The minimum atomic E-state index is -4.59. The Labute approximate surface area is 145 Å². The Morgan fingerprint density at radius 1 is 1.46 bits per heavy atom. The van der Waals surface area contributed by atoms with Crippen LogP contribution in [0.1, 0.15) is 37.4 Å². The molecule has 3 heterocycles. The van der Waals surface area contributed by atoms with Gasteiger partial charge in [-0.05, 0) is 25.5 Å². The molecule has 0 bridgehead atoms. The predicted molar refractivity (Wildman–Crippen MR) is 80.3 cm³/mol. The Hall–Kier alpha value is -2.98. The van der Waals surface area contributed by atoms with E-state index in [1.54, 1.807) is 6.92 Å². The van der Waals surface area contributed by atoms with Crippen molar-refractivity contribution in [3.05, 3.63) is 29.9 Å². The Morgan fingerprint density at radius 2 is 2.23 bits per heavy atom. The number of pyridine rings is 1. The Balaban J connectivity index is 1.71. The lowest BCUT2D eigenvalue weighted by Gasteiger charge is -2.13. The molecule has 8 nitrogen and oxygen atoms in total. The van der Waals surface area contributed by atoms with Crippen LogP contribution in [0.15, 0.2) is 22.9 Å². The zero-order chi connectivity index (χ0) is 18.9. The van der Waals surface area contributed by atoms with Crippen molar-refractivity contribution in [3.8, 4) is 11.4 Å². The number of carbonyl (C=O) groups is 2. The molecule has 2 N–H and O–H groups in total. The van der Waals surface area contributed by atoms with E-state index in [2.05, 4.69) is 25.8 Å². The fourth-order valence-corrected chi connectivity index (χ4v) is 2.44. The maximum absolute atomic E-state index is 12.7. The number of carbonyl (C=O) groups excluding carboxylic acids is 2. The molecule has 0 unspecified atom stereocenters. The van der Waals surface area contributed by atoms with E-state index in [0.29, 0.717) is 6.42 Å². The van der Waals surface area contributed by atoms with Crippen LogP contribution in [0.25, 0.3) is 11.4 Å². The smallest absolute Gasteiger partial charge is 0.344 e. The zero-order valence-corrected chi connectivity index (χ0v) is 13.5. The van der Waals surface area contributed by atoms with E-state index >= 15 is 0 Å². The van der Waals surface area contributed by atoms with Crippen LogP contribution in [0.2, 0.25) is 0 Å². The van der Waals surface area contributed by atoms with Gasteiger partial charge in [-0.2, -0.15) is 18.2 Å². The Bertz CT molecular complexity index is 836. The van der Waals surface area contributed by atoms with E-state index in [4.69, 9.17) is 4.52 Å². The van der Waals surface area contributed by atoms with Gasteiger partial charge in [-0.1, -0.05) is 5.16 Å². The summed E-state index contributed by atoms with van der Waals surface area (Å²) in [5, 5.41) is 8.79. The highest BCUT2D eigenvalue weighted by atomic mass is 19.4. The minimum absolute atomic E-state index is 0.0306. The van der Waals surface area contributed by atoms with Crippen molar-refractivity contribution in [1.82, 2.24) is 25.8 Å². The van der Waals surface area contributed by atoms with Crippen molar-refractivity contribution in [1.29, 1.82) is 0 Å². The van der Waals surface area contributed by atoms with Crippen LogP contribution in [0, 0.1) is 0 Å². The summed E-state index contributed by atoms with van der Waals surface area (Å²) >= 11 is 0. The second-order valence-electron chi connectivity index (χ2n) is 5.77. The number of nitrogens with one attached hydrogen (secondary N) is 2. The van der Waals surface area contributed by atoms with E-state index < -0.39 is 29.9 Å². The first-order valence-electron chi connectivity index (χ1n) is 7.71. The molecular formula is C15H14F3N5O3. The summed E-state index contributed by atoms with van der Waals surface area (Å²) in [4.78, 5) is 30.5. The lowest BCUT2D eigenvalue weighted by molar-refractivity contribution is -0.141. The Kier molecular flexibility index (Phi) is 4.62. The van der Waals surface area contributed by atoms with Crippen molar-refractivity contribution in [2.45, 2.75) is 38.0 Å². The summed E-state index contributed by atoms with van der Waals surface area (Å²) in [6.07, 6.45) is -2.91. The van der Waals surface area contributed by atoms with E-state index in [1.807, 2.05) is 0 Å². The van der Waals surface area contributed by atoms with Gasteiger partial charge in [-0.25, -0.2) is 0 Å². The molecule has 11 heteroatoms. The number of rotatable bonds is 4. The van der Waals surface area contributed by atoms with Gasteiger partial charge in [0.15, 0.2) is 0 Å². The molecule has 2 atom stereocenters. The van der Waals surface area contributed by atoms with Crippen LogP contribution in [0.3, 0.4) is 0 Å². The summed E-state index contributed by atoms with van der Waals surface area (Å²) in [6, 6.07) is 0.833. The number of hydrogen-bond acceptors (Lipinski definition) is 6. The van der Waals surface area contributed by atoms with Gasteiger partial charge in [0.05, 0.1) is 0 Å². The molecule has 0 saturated carbocycles. The summed E-state index contributed by atoms with van der Waals surface area (Å²) in [7, 11) is 0. The van der Waals surface area contributed by atoms with Gasteiger partial charge in [0, 0.05) is 18.2 Å². The number of alkyl halides is 3. The first-order chi connectivity index (χ1) is 12.2. The summed E-state index contributed by atoms with van der Waals surface area (Å²) < 4.78 is 43.2. The topological polar surface area (TPSA) is 110 Å². The van der Waals surface area contributed by atoms with Crippen LogP contribution in [0.4, 0.5) is 13.2 Å². The molecular weight excluding hydrogens is 355 g/mol. The number of halogens is 3. The molecule has 0 spiro atoms. The van der Waals surface area contributed by atoms with E-state index in [-0.39, 0.29) is 29.6 Å². The molecule has 2 amide bonds. The molecule has 1 aliphatic heterocycles. The van der Waals surface area contributed by atoms with Crippen LogP contribution in [-0.4, -0.2) is 33.0 Å². The molecule has 1 aliphatic rings. The third-order valence-corrected chi connectivity index (χ3v) is 3.79. The number of amides is 2. The van der Waals surface area contributed by atoms with Gasteiger partial charge >= 0.3 is 6.18 Å². The summed E-state index contributed by atoms with van der Waals surface area (Å²) in [5.74, 6) is -0.617. The van der Waals surface area contributed by atoms with Crippen LogP contribution >= 0.6 is 0 Å². The zero-order valence-electron chi connectivity index (χ0n) is 13.5. The highest BCUT2D eigenvalue weighted by Crippen LogP contribution is 2.30. The minimum Gasteiger partial charge on any atom is -0.344 e. The average molecular weight is 369 g/mol. The van der Waals surface area contributed by atoms with Crippen molar-refractivity contribution in [2.24, 2.45) is 0 Å². The first kappa shape index (κ1) is 17.8. The van der Waals surface area contributed by atoms with Gasteiger partial charge in [-0.15, -0.1) is 0 Å². The SMILES string of the molecule is C[C@H](NC(=O)[C@@H]1CCC(=O)N1)c1nc(-c2ccnc(C(F)(F)F)c2)no1. The van der Waals surface area contributed by atoms with Gasteiger partial charge < -0.3 is 15.2 Å². The van der Waals surface area contributed by atoms with Gasteiger partial charge in [0.25, 0.3) is 0 Å². The van der Waals surface area contributed by atoms with E-state index in [1.165, 1.54) is 6.07 Å². The predicted octanol–water partition coefficient (Wildman–Crippen LogP) is 1.61. The maximum Gasteiger partial charge on any atom is 0.433 e. The molecule has 2 aromatic heterocycles. The quantitative estimate of drug-likeness (QED) is 0.847. The number of aromatic nitrogens is 3. The standard InChI is InChI=1S/C15H14F3N5O3/c1-7(20-13(25)9-2-3-11(24)21-9)14-22-12(23-26-14)8-4-5-19-10(6-8)15(16,17)18/h4-7,9H,2-3H2,1H3,(H,20,25)(H,21,24)/t7-,9-/m0/s1. The molecule has 0 aliphatic carbocycles. The van der Waals surface area contributed by atoms with Gasteiger partial charge in [-0.3, -0.25) is 14.6 Å². The van der Waals surface area contributed by atoms with Crippen molar-refractivity contribution in [2.75, 3.05) is 0 Å². The monoisotopic (exact) mass is 369 g/mol. The first-order valence-corrected chi connectivity index (χ1v) is 7.71. The Morgan fingerprint density at radius 3 is 2.88 bits per heavy atom. The maximum atomic E-state index is 12.7. The molecule has 0 aromatic carbocycles. The van der Waals surface area contributed by atoms with Crippen molar-refractivity contribution >= 4 is 11.8 Å².